The van der Waals surface area contributed by atoms with Crippen molar-refractivity contribution < 1.29 is 153 Å². The maximum Gasteiger partial charge on any atom is 0.341 e. The molecule has 4 atom stereocenters. The van der Waals surface area contributed by atoms with Crippen LogP contribution in [0.15, 0.2) is 134 Å². The van der Waals surface area contributed by atoms with Gasteiger partial charge in [0.05, 0.1) is 65.6 Å². The molecule has 4 unspecified atom stereocenters. The molecule has 0 heterocycles. The highest BCUT2D eigenvalue weighted by molar-refractivity contribution is 5.95. The first-order chi connectivity index (χ1) is 47.8. The average molecular weight is 1520 g/mol. The molecule has 1 fully saturated rings. The molecule has 602 valence electrons. The van der Waals surface area contributed by atoms with E-state index in [2.05, 4.69) is 42.6 Å². The summed E-state index contributed by atoms with van der Waals surface area (Å²) >= 11 is 0. The number of benzene rings is 2. The monoisotopic (exact) mass is 1520 g/mol. The fraction of sp³-hybridized carbons (Fsp3) is 0.467. The molecule has 1 aliphatic carbocycles. The molecule has 0 radical (unpaired) electrons. The zero-order chi connectivity index (χ0) is 76.8. The molecule has 2 aromatic rings. The lowest BCUT2D eigenvalue weighted by Crippen LogP contribution is -2.29. The van der Waals surface area contributed by atoms with Gasteiger partial charge in [-0.1, -0.05) is 135 Å². The molecule has 1 aliphatic rings. The zero-order valence-corrected chi connectivity index (χ0v) is 58.3. The number of rotatable bonds is 29. The quantitative estimate of drug-likeness (QED) is 0.0316. The van der Waals surface area contributed by atoms with Crippen LogP contribution in [-0.2, 0) is 143 Å². The maximum absolute atomic E-state index is 12.1. The smallest absolute Gasteiger partial charge is 0.341 e. The van der Waals surface area contributed by atoms with Gasteiger partial charge < -0.3 is 75.8 Å². The van der Waals surface area contributed by atoms with Crippen LogP contribution in [0.5, 0.6) is 0 Å². The Morgan fingerprint density at radius 2 is 0.607 bits per heavy atom. The van der Waals surface area contributed by atoms with Crippen LogP contribution in [0.4, 0.5) is 0 Å². The second-order valence-electron chi connectivity index (χ2n) is 20.2. The summed E-state index contributed by atoms with van der Waals surface area (Å²) in [6.07, 6.45) is 11.5. The van der Waals surface area contributed by atoms with Crippen LogP contribution >= 0.6 is 0 Å². The van der Waals surface area contributed by atoms with Crippen molar-refractivity contribution in [1.29, 1.82) is 0 Å². The second-order valence-corrected chi connectivity index (χ2v) is 20.2. The summed E-state index contributed by atoms with van der Waals surface area (Å²) in [4.78, 5) is 179. The molecule has 0 aromatic heterocycles. The number of hydrogen-bond donors (Lipinski definition) is 0. The first-order valence-electron chi connectivity index (χ1n) is 30.5. The highest BCUT2D eigenvalue weighted by atomic mass is 16.7. The van der Waals surface area contributed by atoms with Crippen molar-refractivity contribution in [3.63, 3.8) is 0 Å². The number of hydrogen-bond acceptors (Lipinski definition) is 32. The molecule has 3 rings (SSSR count). The van der Waals surface area contributed by atoms with E-state index in [9.17, 15) is 76.7 Å². The number of methoxy groups -OCH3 is 6. The minimum Gasteiger partial charge on any atom is -0.466 e. The van der Waals surface area contributed by atoms with E-state index < -0.39 is 121 Å². The zero-order valence-electron chi connectivity index (χ0n) is 58.3. The van der Waals surface area contributed by atoms with Crippen molar-refractivity contribution in [2.75, 3.05) is 42.7 Å². The van der Waals surface area contributed by atoms with E-state index in [1.807, 2.05) is 6.92 Å². The van der Waals surface area contributed by atoms with E-state index in [0.717, 1.165) is 119 Å². The summed E-state index contributed by atoms with van der Waals surface area (Å²) in [6.45, 7) is 12.8. The molecule has 1 saturated carbocycles. The number of esters is 16. The van der Waals surface area contributed by atoms with Gasteiger partial charge in [-0.2, -0.15) is 0 Å². The van der Waals surface area contributed by atoms with Crippen LogP contribution in [0.25, 0.3) is 0 Å². The van der Waals surface area contributed by atoms with Crippen LogP contribution in [0, 0.1) is 17.8 Å². The summed E-state index contributed by atoms with van der Waals surface area (Å²) in [5.74, 6) is -11.7. The first kappa shape index (κ1) is 111. The van der Waals surface area contributed by atoms with E-state index in [0.29, 0.717) is 24.0 Å². The Bertz CT molecular complexity index is 3150. The van der Waals surface area contributed by atoms with Gasteiger partial charge in [-0.3, -0.25) is 9.59 Å². The van der Waals surface area contributed by atoms with Crippen molar-refractivity contribution in [3.8, 4) is 0 Å². The highest BCUT2D eigenvalue weighted by Gasteiger charge is 2.27. The van der Waals surface area contributed by atoms with Crippen LogP contribution < -0.4 is 0 Å². The van der Waals surface area contributed by atoms with Gasteiger partial charge in [0, 0.05) is 106 Å². The summed E-state index contributed by atoms with van der Waals surface area (Å²) in [6, 6.07) is 16.7. The van der Waals surface area contributed by atoms with Gasteiger partial charge in [0.25, 0.3) is 0 Å². The van der Waals surface area contributed by atoms with E-state index in [1.54, 1.807) is 88.4 Å². The molecule has 2 aromatic carbocycles. The Hall–Kier alpha value is -11.6. The largest absolute Gasteiger partial charge is 0.466 e. The number of ether oxygens (including phenoxy) is 16. The van der Waals surface area contributed by atoms with Gasteiger partial charge in [0.15, 0.2) is 0 Å². The molecule has 0 saturated heterocycles. The summed E-state index contributed by atoms with van der Waals surface area (Å²) in [5, 5.41) is 0. The van der Waals surface area contributed by atoms with Crippen LogP contribution in [-0.4, -0.2) is 170 Å². The van der Waals surface area contributed by atoms with Gasteiger partial charge in [-0.15, -0.1) is 0 Å². The molecule has 32 heteroatoms. The average Bonchev–Trinajstić information content (AvgIpc) is 0.895. The number of carbonyl (C=O) groups excluding carboxylic acids is 16. The molecule has 0 bridgehead atoms. The molecular formula is C75H110O32. The van der Waals surface area contributed by atoms with Crippen molar-refractivity contribution >= 4 is 95.5 Å². The third kappa shape index (κ3) is 58.5. The van der Waals surface area contributed by atoms with Crippen LogP contribution in [0.1, 0.15) is 166 Å². The van der Waals surface area contributed by atoms with E-state index in [4.69, 9.17) is 33.2 Å². The SMILES string of the molecule is C.C.C.C.C.C.CCCC(OC(=O)/C=C/C(=O)OC)OC(=O)C1CCCCC1.COC(=O)/C=C/C(=O)OC(C)OC(=O)/C=C/C(=O)OC.COC(=O)/C=C/C(=O)OC(C)OC(=O)C(C)C.COC(=O)/C=C/C(=O)OC(C)OC(=O)c1ccccc1.COC(=O)/C=C/C(=O)OC(OC(=O)c1ccccc1)C(C)C. The third-order valence-electron chi connectivity index (χ3n) is 11.5. The normalized spacial score (nSPS) is 12.1. The lowest BCUT2D eigenvalue weighted by molar-refractivity contribution is -0.190. The van der Waals surface area contributed by atoms with Gasteiger partial charge >= 0.3 is 95.5 Å². The van der Waals surface area contributed by atoms with E-state index in [-0.39, 0.29) is 68.3 Å². The first-order valence-corrected chi connectivity index (χ1v) is 30.5. The highest BCUT2D eigenvalue weighted by Crippen LogP contribution is 2.26. The van der Waals surface area contributed by atoms with Crippen molar-refractivity contribution in [3.05, 3.63) is 145 Å². The molecule has 32 nitrogen and oxygen atoms in total. The van der Waals surface area contributed by atoms with Crippen LogP contribution in [0.3, 0.4) is 0 Å². The maximum atomic E-state index is 12.1. The Morgan fingerprint density at radius 3 is 0.897 bits per heavy atom. The Kier molecular flexibility index (Phi) is 69.0. The third-order valence-corrected chi connectivity index (χ3v) is 11.5. The van der Waals surface area contributed by atoms with Crippen molar-refractivity contribution in [1.82, 2.24) is 0 Å². The summed E-state index contributed by atoms with van der Waals surface area (Å²) in [5.41, 5.74) is 0.704. The van der Waals surface area contributed by atoms with E-state index in [1.165, 1.54) is 49.2 Å². The predicted molar refractivity (Wildman–Crippen MR) is 387 cm³/mol. The second kappa shape index (κ2) is 66.4. The summed E-state index contributed by atoms with van der Waals surface area (Å²) < 4.78 is 74.8. The minimum atomic E-state index is -1.19. The molecule has 0 N–H and O–H groups in total. The predicted octanol–water partition coefficient (Wildman–Crippen LogP) is 10.6. The molecule has 0 aliphatic heterocycles. The Labute approximate surface area is 627 Å². The van der Waals surface area contributed by atoms with Crippen molar-refractivity contribution in [2.45, 2.75) is 176 Å². The lowest BCUT2D eigenvalue weighted by Gasteiger charge is -2.23. The topological polar surface area (TPSA) is 421 Å². The van der Waals surface area contributed by atoms with Gasteiger partial charge in [0.2, 0.25) is 31.5 Å². The van der Waals surface area contributed by atoms with Gasteiger partial charge in [0.1, 0.15) is 0 Å². The molecular weight excluding hydrogens is 1410 g/mol. The lowest BCUT2D eigenvalue weighted by atomic mass is 9.89. The standard InChI is InChI=1S/C16H18O6.C16H24O6.C14H14O6.C12H14O8.C11H16O6.6CH4/c1-11(2)16(21-14(18)10-9-13(17)20-3)22-15(19)12-7-5-4-6-8-12;1-3-7-15(21-14(18)11-10-13(17)20-2)22-16(19)12-8-5-4-6-9-12;1-10(19-13(16)9-8-12(15)18-2)20-14(17)11-6-4-3-5-7-11;1-8(19-11(15)6-4-9(13)17-2)20-12(16)7-5-10(14)18-3;1-7(2)11(14)17-8(3)16-10(13)6-5-9(12)15-4;;;;;;/h4-11,16H,1-3H3;10-12,15H,3-9H2,1-2H3;3-10H,1-2H3;4-8H,1-3H3;5-8H,1-4H3;6*1H4/b10-9+;11-10+;9-8+;6-4+,7-5+;6-5+;;;;;;. The van der Waals surface area contributed by atoms with Gasteiger partial charge in [-0.25, -0.2) is 67.1 Å². The summed E-state index contributed by atoms with van der Waals surface area (Å²) in [7, 11) is 7.07. The van der Waals surface area contributed by atoms with Crippen molar-refractivity contribution in [2.24, 2.45) is 17.8 Å². The fourth-order valence-corrected chi connectivity index (χ4v) is 6.51. The molecule has 0 spiro atoms. The molecule has 107 heavy (non-hydrogen) atoms. The fourth-order valence-electron chi connectivity index (χ4n) is 6.51. The Balaban J connectivity index is -0.000000189. The van der Waals surface area contributed by atoms with Crippen LogP contribution in [0.2, 0.25) is 0 Å². The van der Waals surface area contributed by atoms with Gasteiger partial charge in [-0.05, 0) is 43.5 Å². The minimum absolute atomic E-state index is 0. The number of carbonyl (C=O) groups is 16. The molecule has 0 amide bonds. The Morgan fingerprint density at radius 1 is 0.336 bits per heavy atom. The van der Waals surface area contributed by atoms with E-state index >= 15 is 0 Å².